The predicted molar refractivity (Wildman–Crippen MR) is 153 cm³/mol. The number of hydrogen-bond donors (Lipinski definition) is 0. The van der Waals surface area contributed by atoms with E-state index < -0.39 is 18.3 Å². The summed E-state index contributed by atoms with van der Waals surface area (Å²) >= 11 is -4.11. The van der Waals surface area contributed by atoms with Crippen molar-refractivity contribution in [2.45, 2.75) is 38.7 Å². The van der Waals surface area contributed by atoms with E-state index in [0.717, 1.165) is 6.42 Å². The first kappa shape index (κ1) is 27.1. The second kappa shape index (κ2) is 9.16. The first-order valence-electron chi connectivity index (χ1n) is 11.9. The Balaban J connectivity index is 0.00000162. The molecule has 0 spiro atoms. The van der Waals surface area contributed by atoms with Crippen LogP contribution in [0.3, 0.4) is 0 Å². The van der Waals surface area contributed by atoms with Crippen LogP contribution in [0.15, 0.2) is 93.8 Å². The fourth-order valence-corrected chi connectivity index (χ4v) is 19.7. The van der Waals surface area contributed by atoms with Gasteiger partial charge in [-0.25, -0.2) is 0 Å². The van der Waals surface area contributed by atoms with Gasteiger partial charge in [0, 0.05) is 0 Å². The molecule has 0 fully saturated rings. The van der Waals surface area contributed by atoms with Crippen molar-refractivity contribution in [1.82, 2.24) is 0 Å². The zero-order valence-corrected chi connectivity index (χ0v) is 25.0. The van der Waals surface area contributed by atoms with Crippen LogP contribution in [0.1, 0.15) is 38.8 Å². The van der Waals surface area contributed by atoms with E-state index in [2.05, 4.69) is 117 Å². The summed E-state index contributed by atoms with van der Waals surface area (Å²) in [7, 11) is 0. The molecule has 1 unspecified atom stereocenters. The Morgan fingerprint density at radius 3 is 2.09 bits per heavy atom. The molecule has 34 heavy (non-hydrogen) atoms. The molecule has 0 aliphatic heterocycles. The Bertz CT molecular complexity index is 1360. The Morgan fingerprint density at radius 2 is 1.44 bits per heavy atom. The van der Waals surface area contributed by atoms with Gasteiger partial charge in [0.15, 0.2) is 0 Å². The van der Waals surface area contributed by atoms with Gasteiger partial charge in [-0.15, -0.1) is 24.8 Å². The molecule has 0 N–H and O–H groups in total. The Labute approximate surface area is 218 Å². The molecule has 5 rings (SSSR count). The molecule has 0 saturated carbocycles. The van der Waals surface area contributed by atoms with Crippen LogP contribution >= 0.6 is 24.8 Å². The minimum atomic E-state index is -4.11. The van der Waals surface area contributed by atoms with Crippen LogP contribution in [0.2, 0.25) is 4.63 Å². The zero-order valence-electron chi connectivity index (χ0n) is 20.9. The summed E-state index contributed by atoms with van der Waals surface area (Å²) in [6, 6.07) is 27.2. The second-order valence-corrected chi connectivity index (χ2v) is 25.3. The number of rotatable bonds is 3. The quantitative estimate of drug-likeness (QED) is 0.237. The van der Waals surface area contributed by atoms with Crippen LogP contribution in [0, 0.1) is 11.3 Å². The van der Waals surface area contributed by atoms with Gasteiger partial charge < -0.3 is 0 Å². The summed E-state index contributed by atoms with van der Waals surface area (Å²) in [6.45, 7) is 9.36. The summed E-state index contributed by atoms with van der Waals surface area (Å²) in [5.41, 5.74) is 7.37. The number of halogens is 2. The molecule has 0 heterocycles. The molecule has 0 radical (unpaired) electrons. The topological polar surface area (TPSA) is 0 Å². The summed E-state index contributed by atoms with van der Waals surface area (Å²) in [6.07, 6.45) is 6.05. The SMILES string of the molecule is Cl.Cl.[CH2]=[Zr]([CH3])([C]1=CC(C(C)(C)C)=CC1C)([c]1ccccc1)[c]1cccc2c1Cc1ccccc1-2. The molecule has 1 atom stereocenters. The third-order valence-corrected chi connectivity index (χ3v) is 22.7. The van der Waals surface area contributed by atoms with E-state index in [1.165, 1.54) is 34.4 Å². The molecule has 2 aliphatic carbocycles. The van der Waals surface area contributed by atoms with Crippen molar-refractivity contribution in [2.24, 2.45) is 11.3 Å². The van der Waals surface area contributed by atoms with Gasteiger partial charge in [-0.3, -0.25) is 0 Å². The van der Waals surface area contributed by atoms with Crippen molar-refractivity contribution in [3.05, 3.63) is 105 Å². The van der Waals surface area contributed by atoms with E-state index in [9.17, 15) is 0 Å². The zero-order chi connectivity index (χ0) is 22.7. The van der Waals surface area contributed by atoms with Gasteiger partial charge in [0.1, 0.15) is 0 Å². The maximum atomic E-state index is 5.34. The summed E-state index contributed by atoms with van der Waals surface area (Å²) in [5, 5.41) is 0. The molecule has 0 amide bonds. The predicted octanol–water partition coefficient (Wildman–Crippen LogP) is 7.73. The first-order valence-corrected chi connectivity index (χ1v) is 19.7. The molecule has 0 nitrogen and oxygen atoms in total. The molecule has 0 bridgehead atoms. The van der Waals surface area contributed by atoms with Crippen LogP contribution in [-0.4, -0.2) is 4.21 Å². The monoisotopic (exact) mass is 568 g/mol. The van der Waals surface area contributed by atoms with Crippen molar-refractivity contribution in [2.75, 3.05) is 0 Å². The van der Waals surface area contributed by atoms with E-state index in [4.69, 9.17) is 4.21 Å². The third-order valence-electron chi connectivity index (χ3n) is 8.01. The van der Waals surface area contributed by atoms with Crippen LogP contribution < -0.4 is 6.54 Å². The van der Waals surface area contributed by atoms with Gasteiger partial charge in [0.25, 0.3) is 0 Å². The van der Waals surface area contributed by atoms with Crippen molar-refractivity contribution in [1.29, 1.82) is 0 Å². The third kappa shape index (κ3) is 3.99. The van der Waals surface area contributed by atoms with Gasteiger partial charge in [-0.05, 0) is 0 Å². The van der Waals surface area contributed by atoms with E-state index in [-0.39, 0.29) is 30.2 Å². The second-order valence-electron chi connectivity index (χ2n) is 11.3. The summed E-state index contributed by atoms with van der Waals surface area (Å²) in [5.74, 6) is 0.414. The molecular formula is C31H36Cl2Zr. The number of allylic oxidation sites excluding steroid dienone is 4. The molecule has 178 valence electrons. The average Bonchev–Trinajstić information content (AvgIpc) is 3.35. The van der Waals surface area contributed by atoms with E-state index >= 15 is 0 Å². The van der Waals surface area contributed by atoms with Crippen LogP contribution in [-0.2, 0) is 24.7 Å². The van der Waals surface area contributed by atoms with Crippen LogP contribution in [0.5, 0.6) is 0 Å². The number of benzene rings is 3. The van der Waals surface area contributed by atoms with Crippen molar-refractivity contribution < 1.29 is 18.3 Å². The fourth-order valence-electron chi connectivity index (χ4n) is 6.14. The molecule has 2 aliphatic rings. The molecule has 0 aromatic heterocycles. The molecule has 3 heteroatoms. The van der Waals surface area contributed by atoms with Gasteiger partial charge in [0.2, 0.25) is 0 Å². The Hall–Kier alpha value is -1.53. The van der Waals surface area contributed by atoms with Gasteiger partial charge in [-0.2, -0.15) is 0 Å². The van der Waals surface area contributed by atoms with Gasteiger partial charge >= 0.3 is 195 Å². The van der Waals surface area contributed by atoms with Crippen molar-refractivity contribution >= 4 is 35.6 Å². The van der Waals surface area contributed by atoms with Crippen molar-refractivity contribution in [3.63, 3.8) is 0 Å². The van der Waals surface area contributed by atoms with E-state index in [0.29, 0.717) is 5.92 Å². The van der Waals surface area contributed by atoms with E-state index in [1.807, 2.05) is 0 Å². The molecule has 0 saturated heterocycles. The van der Waals surface area contributed by atoms with Crippen LogP contribution in [0.4, 0.5) is 0 Å². The van der Waals surface area contributed by atoms with E-state index in [1.54, 1.807) is 3.28 Å². The minimum absolute atomic E-state index is 0. The molecular weight excluding hydrogens is 534 g/mol. The standard InChI is InChI=1S/C13H9.C10H15.C6H5.CH3.CH2.2ClH.Zr/c1-3-7-12-10(5-1)9-11-6-2-4-8-13(11)12;1-8-5-6-9(7-8)10(2,3)4;1-2-4-6-5-3-1;;;;;/h1-5,7-8H,9H2;6-8H,1-4H3;1-5H;1H3;1H2;2*1H;. The maximum absolute atomic E-state index is 5.34. The Kier molecular flexibility index (Phi) is 7.30. The van der Waals surface area contributed by atoms with Gasteiger partial charge in [-0.1, -0.05) is 0 Å². The van der Waals surface area contributed by atoms with Gasteiger partial charge in [0.05, 0.1) is 0 Å². The average molecular weight is 571 g/mol. The summed E-state index contributed by atoms with van der Waals surface area (Å²) in [4.78, 5) is 0. The van der Waals surface area contributed by atoms with Crippen LogP contribution in [0.25, 0.3) is 11.1 Å². The number of hydrogen-bond acceptors (Lipinski definition) is 0. The Morgan fingerprint density at radius 1 is 0.824 bits per heavy atom. The molecule has 3 aromatic carbocycles. The molecule has 3 aromatic rings. The number of fused-ring (bicyclic) bond motifs is 3. The first-order chi connectivity index (χ1) is 15.1. The van der Waals surface area contributed by atoms with Crippen molar-refractivity contribution in [3.8, 4) is 11.1 Å². The summed E-state index contributed by atoms with van der Waals surface area (Å²) < 4.78 is 12.5. The normalized spacial score (nSPS) is 17.1. The fraction of sp³-hybridized carbons (Fsp3) is 0.258.